The second kappa shape index (κ2) is 5.80. The lowest BCUT2D eigenvalue weighted by Gasteiger charge is -2.06. The van der Waals surface area contributed by atoms with Crippen LogP contribution in [0.4, 0.5) is 0 Å². The average Bonchev–Trinajstić information content (AvgIpc) is 2.32. The molecule has 0 bridgehead atoms. The molecule has 0 unspecified atom stereocenters. The first kappa shape index (κ1) is 12.1. The molecular weight excluding hydrogens is 280 g/mol. The molecule has 2 aromatic rings. The number of nitrogens with two attached hydrogens (primary N) is 1. The molecule has 0 saturated carbocycles. The summed E-state index contributed by atoms with van der Waals surface area (Å²) in [6.07, 6.45) is 4.29. The van der Waals surface area contributed by atoms with Crippen molar-refractivity contribution in [2.75, 3.05) is 6.54 Å². The van der Waals surface area contributed by atoms with E-state index in [0.717, 1.165) is 16.6 Å². The van der Waals surface area contributed by atoms with E-state index < -0.39 is 0 Å². The number of rotatable bonds is 4. The Morgan fingerprint density at radius 3 is 2.53 bits per heavy atom. The van der Waals surface area contributed by atoms with Crippen molar-refractivity contribution in [3.8, 4) is 11.5 Å². The Kier molecular flexibility index (Phi) is 4.12. The Morgan fingerprint density at radius 2 is 1.88 bits per heavy atom. The predicted octanol–water partition coefficient (Wildman–Crippen LogP) is 3.14. The largest absolute Gasteiger partial charge is 0.456 e. The van der Waals surface area contributed by atoms with E-state index in [1.165, 1.54) is 5.56 Å². The van der Waals surface area contributed by atoms with Crippen LogP contribution in [0.1, 0.15) is 5.56 Å². The maximum absolute atomic E-state index is 5.67. The summed E-state index contributed by atoms with van der Waals surface area (Å²) in [7, 11) is 0. The van der Waals surface area contributed by atoms with Gasteiger partial charge in [0.05, 0.1) is 6.20 Å². The predicted molar refractivity (Wildman–Crippen MR) is 71.2 cm³/mol. The SMILES string of the molecule is NCCc1ccc(Oc2cncc(Br)c2)cc1. The number of nitrogens with zero attached hydrogens (tertiary/aromatic N) is 1. The smallest absolute Gasteiger partial charge is 0.146 e. The van der Waals surface area contributed by atoms with Crippen molar-refractivity contribution in [3.63, 3.8) is 0 Å². The average molecular weight is 293 g/mol. The zero-order valence-electron chi connectivity index (χ0n) is 9.27. The lowest BCUT2D eigenvalue weighted by atomic mass is 10.1. The topological polar surface area (TPSA) is 48.1 Å². The molecule has 1 heterocycles. The minimum absolute atomic E-state index is 0.662. The molecule has 3 nitrogen and oxygen atoms in total. The molecule has 0 spiro atoms. The number of pyridine rings is 1. The van der Waals surface area contributed by atoms with Gasteiger partial charge < -0.3 is 10.5 Å². The monoisotopic (exact) mass is 292 g/mol. The quantitative estimate of drug-likeness (QED) is 0.942. The van der Waals surface area contributed by atoms with Crippen LogP contribution >= 0.6 is 15.9 Å². The molecule has 4 heteroatoms. The maximum atomic E-state index is 5.67. The second-order valence-corrected chi connectivity index (χ2v) is 4.54. The van der Waals surface area contributed by atoms with E-state index in [4.69, 9.17) is 10.5 Å². The van der Waals surface area contributed by atoms with Crippen molar-refractivity contribution < 1.29 is 4.74 Å². The Hall–Kier alpha value is -1.39. The molecule has 0 aliphatic rings. The zero-order valence-corrected chi connectivity index (χ0v) is 10.9. The van der Waals surface area contributed by atoms with Gasteiger partial charge in [0.25, 0.3) is 0 Å². The molecule has 88 valence electrons. The minimum Gasteiger partial charge on any atom is -0.456 e. The number of aromatic nitrogens is 1. The van der Waals surface area contributed by atoms with Crippen LogP contribution in [-0.4, -0.2) is 11.5 Å². The maximum Gasteiger partial charge on any atom is 0.146 e. The molecule has 2 rings (SSSR count). The number of hydrogen-bond acceptors (Lipinski definition) is 3. The van der Waals surface area contributed by atoms with Crippen LogP contribution in [0.2, 0.25) is 0 Å². The van der Waals surface area contributed by atoms with E-state index >= 15 is 0 Å². The second-order valence-electron chi connectivity index (χ2n) is 3.62. The number of benzene rings is 1. The van der Waals surface area contributed by atoms with Gasteiger partial charge in [-0.1, -0.05) is 12.1 Å². The van der Waals surface area contributed by atoms with Gasteiger partial charge in [0, 0.05) is 10.7 Å². The van der Waals surface area contributed by atoms with Crippen molar-refractivity contribution in [1.82, 2.24) is 4.98 Å². The number of halogens is 1. The Balaban J connectivity index is 2.08. The summed E-state index contributed by atoms with van der Waals surface area (Å²) in [5.74, 6) is 1.51. The highest BCUT2D eigenvalue weighted by molar-refractivity contribution is 9.10. The summed E-state index contributed by atoms with van der Waals surface area (Å²) < 4.78 is 6.57. The van der Waals surface area contributed by atoms with E-state index in [1.807, 2.05) is 30.3 Å². The summed E-state index contributed by atoms with van der Waals surface area (Å²) in [6.45, 7) is 0.662. The number of hydrogen-bond donors (Lipinski definition) is 1. The van der Waals surface area contributed by atoms with Gasteiger partial charge >= 0.3 is 0 Å². The summed E-state index contributed by atoms with van der Waals surface area (Å²) in [5, 5.41) is 0. The fraction of sp³-hybridized carbons (Fsp3) is 0.154. The van der Waals surface area contributed by atoms with Crippen molar-refractivity contribution in [2.45, 2.75) is 6.42 Å². The van der Waals surface area contributed by atoms with E-state index in [0.29, 0.717) is 12.3 Å². The first-order chi connectivity index (χ1) is 8.28. The molecule has 0 aliphatic heterocycles. The van der Waals surface area contributed by atoms with Gasteiger partial charge in [-0.2, -0.15) is 0 Å². The Bertz CT molecular complexity index is 485. The van der Waals surface area contributed by atoms with E-state index in [9.17, 15) is 0 Å². The van der Waals surface area contributed by atoms with Gasteiger partial charge in [-0.05, 0) is 52.7 Å². The normalized spacial score (nSPS) is 10.2. The van der Waals surface area contributed by atoms with Crippen molar-refractivity contribution in [1.29, 1.82) is 0 Å². The lowest BCUT2D eigenvalue weighted by Crippen LogP contribution is -2.02. The standard InChI is InChI=1S/C13H13BrN2O/c14-11-7-13(9-16-8-11)17-12-3-1-10(2-4-12)5-6-15/h1-4,7-9H,5-6,15H2. The fourth-order valence-electron chi connectivity index (χ4n) is 1.48. The molecule has 0 saturated heterocycles. The van der Waals surface area contributed by atoms with Crippen LogP contribution in [0.15, 0.2) is 47.2 Å². The minimum atomic E-state index is 0.662. The molecule has 0 fully saturated rings. The van der Waals surface area contributed by atoms with Crippen LogP contribution in [-0.2, 0) is 6.42 Å². The van der Waals surface area contributed by atoms with Crippen molar-refractivity contribution >= 4 is 15.9 Å². The summed E-state index contributed by atoms with van der Waals surface area (Å²) in [6, 6.07) is 9.79. The van der Waals surface area contributed by atoms with Crippen molar-refractivity contribution in [3.05, 3.63) is 52.8 Å². The van der Waals surface area contributed by atoms with Crippen LogP contribution in [0.25, 0.3) is 0 Å². The van der Waals surface area contributed by atoms with Gasteiger partial charge in [0.1, 0.15) is 11.5 Å². The number of ether oxygens (including phenoxy) is 1. The van der Waals surface area contributed by atoms with Gasteiger partial charge in [-0.3, -0.25) is 4.98 Å². The highest BCUT2D eigenvalue weighted by Crippen LogP contribution is 2.23. The molecule has 0 radical (unpaired) electrons. The van der Waals surface area contributed by atoms with E-state index in [2.05, 4.69) is 20.9 Å². The third kappa shape index (κ3) is 3.54. The Labute approximate surface area is 109 Å². The first-order valence-electron chi connectivity index (χ1n) is 5.35. The molecule has 2 N–H and O–H groups in total. The van der Waals surface area contributed by atoms with Crippen LogP contribution in [0, 0.1) is 0 Å². The molecule has 0 atom stereocenters. The summed E-state index contributed by atoms with van der Waals surface area (Å²) in [4.78, 5) is 4.04. The molecule has 0 aliphatic carbocycles. The third-order valence-corrected chi connectivity index (χ3v) is 2.71. The Morgan fingerprint density at radius 1 is 1.12 bits per heavy atom. The summed E-state index contributed by atoms with van der Waals surface area (Å²) >= 11 is 3.35. The van der Waals surface area contributed by atoms with Crippen LogP contribution in [0.3, 0.4) is 0 Å². The lowest BCUT2D eigenvalue weighted by molar-refractivity contribution is 0.479. The highest BCUT2D eigenvalue weighted by Gasteiger charge is 1.99. The van der Waals surface area contributed by atoms with Gasteiger partial charge in [0.2, 0.25) is 0 Å². The highest BCUT2D eigenvalue weighted by atomic mass is 79.9. The molecule has 1 aromatic carbocycles. The van der Waals surface area contributed by atoms with Crippen LogP contribution in [0.5, 0.6) is 11.5 Å². The van der Waals surface area contributed by atoms with Gasteiger partial charge in [-0.25, -0.2) is 0 Å². The van der Waals surface area contributed by atoms with Gasteiger partial charge in [0.15, 0.2) is 0 Å². The van der Waals surface area contributed by atoms with Crippen LogP contribution < -0.4 is 10.5 Å². The first-order valence-corrected chi connectivity index (χ1v) is 6.14. The zero-order chi connectivity index (χ0) is 12.1. The van der Waals surface area contributed by atoms with Gasteiger partial charge in [-0.15, -0.1) is 0 Å². The fourth-order valence-corrected chi connectivity index (χ4v) is 1.82. The van der Waals surface area contributed by atoms with E-state index in [-0.39, 0.29) is 0 Å². The molecule has 1 aromatic heterocycles. The summed E-state index contributed by atoms with van der Waals surface area (Å²) in [5.41, 5.74) is 6.71. The molecule has 0 amide bonds. The molecule has 17 heavy (non-hydrogen) atoms. The third-order valence-electron chi connectivity index (χ3n) is 2.27. The molecular formula is C13H13BrN2O. The van der Waals surface area contributed by atoms with Crippen molar-refractivity contribution in [2.24, 2.45) is 5.73 Å². The van der Waals surface area contributed by atoms with E-state index in [1.54, 1.807) is 12.4 Å².